The smallest absolute Gasteiger partial charge is 0.407 e. The average Bonchev–Trinajstić information content (AvgIpc) is 2.86. The monoisotopic (exact) mass is 298 g/mol. The molecule has 0 aromatic carbocycles. The number of nitrogens with one attached hydrogen (secondary N) is 1. The molecule has 20 heavy (non-hydrogen) atoms. The molecule has 110 valence electrons. The summed E-state index contributed by atoms with van der Waals surface area (Å²) in [6, 6.07) is 0.0659. The SMILES string of the molecule is COC(=O)NC1CCN(c2ncnc(Cl)c2C(C)C)C1. The van der Waals surface area contributed by atoms with Crippen molar-refractivity contribution in [1.29, 1.82) is 0 Å². The van der Waals surface area contributed by atoms with Crippen LogP contribution in [-0.2, 0) is 4.74 Å². The Morgan fingerprint density at radius 3 is 2.95 bits per heavy atom. The highest BCUT2D eigenvalue weighted by Gasteiger charge is 2.28. The minimum Gasteiger partial charge on any atom is -0.453 e. The summed E-state index contributed by atoms with van der Waals surface area (Å²) >= 11 is 6.18. The van der Waals surface area contributed by atoms with Gasteiger partial charge in [0.25, 0.3) is 0 Å². The minimum atomic E-state index is -0.401. The maximum absolute atomic E-state index is 11.2. The molecule has 1 atom stereocenters. The molecule has 1 aromatic rings. The number of aromatic nitrogens is 2. The normalized spacial score (nSPS) is 18.4. The van der Waals surface area contributed by atoms with Crippen LogP contribution >= 0.6 is 11.6 Å². The molecule has 0 radical (unpaired) electrons. The van der Waals surface area contributed by atoms with Crippen molar-refractivity contribution in [2.75, 3.05) is 25.1 Å². The van der Waals surface area contributed by atoms with Gasteiger partial charge < -0.3 is 15.0 Å². The molecule has 0 bridgehead atoms. The highest BCUT2D eigenvalue weighted by Crippen LogP contribution is 2.32. The maximum Gasteiger partial charge on any atom is 0.407 e. The number of hydrogen-bond donors (Lipinski definition) is 1. The predicted molar refractivity (Wildman–Crippen MR) is 77.3 cm³/mol. The summed E-state index contributed by atoms with van der Waals surface area (Å²) in [4.78, 5) is 21.8. The molecule has 1 aromatic heterocycles. The fraction of sp³-hybridized carbons (Fsp3) is 0.615. The molecule has 0 saturated carbocycles. The van der Waals surface area contributed by atoms with E-state index in [4.69, 9.17) is 11.6 Å². The molecule has 1 unspecified atom stereocenters. The zero-order chi connectivity index (χ0) is 14.7. The Bertz CT molecular complexity index is 495. The lowest BCUT2D eigenvalue weighted by Gasteiger charge is -2.22. The Hall–Kier alpha value is -1.56. The van der Waals surface area contributed by atoms with Crippen LogP contribution in [-0.4, -0.2) is 42.3 Å². The van der Waals surface area contributed by atoms with E-state index < -0.39 is 6.09 Å². The van der Waals surface area contributed by atoms with Crippen molar-refractivity contribution in [1.82, 2.24) is 15.3 Å². The number of nitrogens with zero attached hydrogens (tertiary/aromatic N) is 3. The van der Waals surface area contributed by atoms with Crippen LogP contribution in [0.25, 0.3) is 0 Å². The van der Waals surface area contributed by atoms with E-state index in [0.29, 0.717) is 11.7 Å². The lowest BCUT2D eigenvalue weighted by molar-refractivity contribution is 0.167. The van der Waals surface area contributed by atoms with E-state index in [1.807, 2.05) is 0 Å². The van der Waals surface area contributed by atoms with Gasteiger partial charge in [-0.1, -0.05) is 25.4 Å². The Morgan fingerprint density at radius 1 is 1.55 bits per heavy atom. The summed E-state index contributed by atoms with van der Waals surface area (Å²) in [5.41, 5.74) is 0.952. The van der Waals surface area contributed by atoms with Gasteiger partial charge in [0.1, 0.15) is 17.3 Å². The van der Waals surface area contributed by atoms with Gasteiger partial charge in [-0.05, 0) is 12.3 Å². The number of halogens is 1. The van der Waals surface area contributed by atoms with Gasteiger partial charge in [0.15, 0.2) is 0 Å². The first-order chi connectivity index (χ1) is 9.52. The van der Waals surface area contributed by atoms with Crippen LogP contribution in [0.1, 0.15) is 31.7 Å². The van der Waals surface area contributed by atoms with Crippen molar-refractivity contribution >= 4 is 23.5 Å². The maximum atomic E-state index is 11.2. The molecule has 0 aliphatic carbocycles. The summed E-state index contributed by atoms with van der Waals surface area (Å²) in [5, 5.41) is 3.31. The van der Waals surface area contributed by atoms with Crippen molar-refractivity contribution < 1.29 is 9.53 Å². The standard InChI is InChI=1S/C13H19ClN4O2/c1-8(2)10-11(14)15-7-16-12(10)18-5-4-9(6-18)17-13(19)20-3/h7-9H,4-6H2,1-3H3,(H,17,19). The van der Waals surface area contributed by atoms with E-state index in [-0.39, 0.29) is 12.0 Å². The van der Waals surface area contributed by atoms with Crippen LogP contribution in [0.5, 0.6) is 0 Å². The van der Waals surface area contributed by atoms with Crippen LogP contribution in [0.15, 0.2) is 6.33 Å². The number of methoxy groups -OCH3 is 1. The molecule has 6 nitrogen and oxygen atoms in total. The zero-order valence-electron chi connectivity index (χ0n) is 11.9. The number of ether oxygens (including phenoxy) is 1. The van der Waals surface area contributed by atoms with E-state index in [0.717, 1.165) is 24.3 Å². The first-order valence-electron chi connectivity index (χ1n) is 6.62. The molecular formula is C13H19ClN4O2. The lowest BCUT2D eigenvalue weighted by Crippen LogP contribution is -2.37. The van der Waals surface area contributed by atoms with Gasteiger partial charge in [-0.2, -0.15) is 0 Å². The van der Waals surface area contributed by atoms with E-state index in [1.54, 1.807) is 0 Å². The van der Waals surface area contributed by atoms with Crippen molar-refractivity contribution in [3.05, 3.63) is 17.0 Å². The number of rotatable bonds is 3. The van der Waals surface area contributed by atoms with Gasteiger partial charge >= 0.3 is 6.09 Å². The van der Waals surface area contributed by atoms with E-state index in [9.17, 15) is 4.79 Å². The van der Waals surface area contributed by atoms with Crippen LogP contribution in [0.3, 0.4) is 0 Å². The van der Waals surface area contributed by atoms with Gasteiger partial charge in [-0.3, -0.25) is 0 Å². The Morgan fingerprint density at radius 2 is 2.30 bits per heavy atom. The first-order valence-corrected chi connectivity index (χ1v) is 7.00. The number of anilines is 1. The second-order valence-corrected chi connectivity index (χ2v) is 5.48. The molecular weight excluding hydrogens is 280 g/mol. The van der Waals surface area contributed by atoms with Crippen LogP contribution in [0, 0.1) is 0 Å². The van der Waals surface area contributed by atoms with Crippen molar-refractivity contribution in [3.8, 4) is 0 Å². The number of carbonyl (C=O) groups excluding carboxylic acids is 1. The fourth-order valence-electron chi connectivity index (χ4n) is 2.41. The van der Waals surface area contributed by atoms with Crippen LogP contribution < -0.4 is 10.2 Å². The highest BCUT2D eigenvalue weighted by molar-refractivity contribution is 6.30. The molecule has 1 aliphatic heterocycles. The van der Waals surface area contributed by atoms with Crippen LogP contribution in [0.2, 0.25) is 5.15 Å². The molecule has 1 saturated heterocycles. The third-order valence-corrected chi connectivity index (χ3v) is 3.69. The van der Waals surface area contributed by atoms with Crippen molar-refractivity contribution in [3.63, 3.8) is 0 Å². The minimum absolute atomic E-state index is 0.0659. The number of hydrogen-bond acceptors (Lipinski definition) is 5. The Labute approximate surface area is 123 Å². The molecule has 0 spiro atoms. The fourth-order valence-corrected chi connectivity index (χ4v) is 2.76. The number of amides is 1. The summed E-state index contributed by atoms with van der Waals surface area (Å²) in [7, 11) is 1.36. The Balaban J connectivity index is 2.14. The van der Waals surface area contributed by atoms with E-state index >= 15 is 0 Å². The third-order valence-electron chi connectivity index (χ3n) is 3.39. The van der Waals surface area contributed by atoms with Crippen molar-refractivity contribution in [2.24, 2.45) is 0 Å². The van der Waals surface area contributed by atoms with Gasteiger partial charge in [0.2, 0.25) is 0 Å². The lowest BCUT2D eigenvalue weighted by atomic mass is 10.1. The zero-order valence-corrected chi connectivity index (χ0v) is 12.6. The van der Waals surface area contributed by atoms with Gasteiger partial charge in [0, 0.05) is 18.7 Å². The summed E-state index contributed by atoms with van der Waals surface area (Å²) in [6.45, 7) is 5.65. The summed E-state index contributed by atoms with van der Waals surface area (Å²) in [6.07, 6.45) is 1.93. The second-order valence-electron chi connectivity index (χ2n) is 5.12. The largest absolute Gasteiger partial charge is 0.453 e. The molecule has 1 fully saturated rings. The molecule has 7 heteroatoms. The quantitative estimate of drug-likeness (QED) is 0.866. The topological polar surface area (TPSA) is 67.3 Å². The summed E-state index contributed by atoms with van der Waals surface area (Å²) < 4.78 is 4.62. The molecule has 1 aliphatic rings. The summed E-state index contributed by atoms with van der Waals surface area (Å²) in [5.74, 6) is 1.10. The van der Waals surface area contributed by atoms with Gasteiger partial charge in [-0.15, -0.1) is 0 Å². The number of alkyl carbamates (subject to hydrolysis) is 1. The third kappa shape index (κ3) is 3.12. The first kappa shape index (κ1) is 14.8. The molecule has 2 heterocycles. The Kier molecular flexibility index (Phi) is 4.65. The molecule has 1 N–H and O–H groups in total. The molecule has 1 amide bonds. The molecule has 2 rings (SSSR count). The van der Waals surface area contributed by atoms with E-state index in [1.165, 1.54) is 13.4 Å². The second kappa shape index (κ2) is 6.26. The highest BCUT2D eigenvalue weighted by atomic mass is 35.5. The van der Waals surface area contributed by atoms with E-state index in [2.05, 4.69) is 38.8 Å². The van der Waals surface area contributed by atoms with Gasteiger partial charge in [-0.25, -0.2) is 14.8 Å². The van der Waals surface area contributed by atoms with Crippen LogP contribution in [0.4, 0.5) is 10.6 Å². The predicted octanol–water partition coefficient (Wildman–Crippen LogP) is 2.19. The average molecular weight is 299 g/mol. The van der Waals surface area contributed by atoms with Gasteiger partial charge in [0.05, 0.1) is 13.2 Å². The number of carbonyl (C=O) groups is 1. The van der Waals surface area contributed by atoms with Crippen molar-refractivity contribution in [2.45, 2.75) is 32.2 Å².